The second-order valence-electron chi connectivity index (χ2n) is 4.87. The van der Waals surface area contributed by atoms with Gasteiger partial charge in [-0.05, 0) is 37.0 Å². The number of nitrogens with one attached hydrogen (secondary N) is 1. The Morgan fingerprint density at radius 1 is 1.14 bits per heavy atom. The Morgan fingerprint density at radius 2 is 1.86 bits per heavy atom. The van der Waals surface area contributed by atoms with Gasteiger partial charge < -0.3 is 20.5 Å². The van der Waals surface area contributed by atoms with Crippen LogP contribution in [0.3, 0.4) is 0 Å². The number of hydrogen-bond acceptors (Lipinski definition) is 4. The predicted molar refractivity (Wildman–Crippen MR) is 96.5 cm³/mol. The summed E-state index contributed by atoms with van der Waals surface area (Å²) in [6.45, 7) is 0.755. The molecule has 0 saturated heterocycles. The minimum Gasteiger partial charge on any atom is -0.493 e. The first-order valence-electron chi connectivity index (χ1n) is 7.49. The average Bonchev–Trinajstić information content (AvgIpc) is 2.53. The molecule has 0 unspecified atom stereocenters. The van der Waals surface area contributed by atoms with Gasteiger partial charge in [-0.2, -0.15) is 11.8 Å². The van der Waals surface area contributed by atoms with Crippen molar-refractivity contribution in [1.82, 2.24) is 0 Å². The fourth-order valence-electron chi connectivity index (χ4n) is 2.01. The van der Waals surface area contributed by atoms with Crippen LogP contribution >= 0.6 is 11.8 Å². The lowest BCUT2D eigenvalue weighted by atomic mass is 10.2. The van der Waals surface area contributed by atoms with Gasteiger partial charge in [0.25, 0.3) is 0 Å². The summed E-state index contributed by atoms with van der Waals surface area (Å²) in [4.78, 5) is 4.34. The number of rotatable bonds is 10. The van der Waals surface area contributed by atoms with E-state index in [9.17, 15) is 0 Å². The second kappa shape index (κ2) is 11.1. The van der Waals surface area contributed by atoms with E-state index >= 15 is 0 Å². The Morgan fingerprint density at radius 3 is 2.55 bits per heavy atom. The number of aliphatic imine (C=N–C) groups is 1. The van der Waals surface area contributed by atoms with Gasteiger partial charge in [0.15, 0.2) is 17.5 Å². The summed E-state index contributed by atoms with van der Waals surface area (Å²) in [7, 11) is 3.22. The predicted octanol–water partition coefficient (Wildman–Crippen LogP) is 3.35. The fourth-order valence-corrected chi connectivity index (χ4v) is 2.51. The molecular weight excluding hydrogens is 298 g/mol. The van der Waals surface area contributed by atoms with Crippen molar-refractivity contribution >= 4 is 23.4 Å². The highest BCUT2D eigenvalue weighted by Crippen LogP contribution is 2.29. The summed E-state index contributed by atoms with van der Waals surface area (Å²) in [6, 6.07) is 5.55. The zero-order valence-electron chi connectivity index (χ0n) is 13.7. The Balaban J connectivity index is 2.37. The summed E-state index contributed by atoms with van der Waals surface area (Å²) in [5.41, 5.74) is 6.73. The van der Waals surface area contributed by atoms with Crippen LogP contribution in [-0.4, -0.2) is 38.7 Å². The number of guanidine groups is 1. The van der Waals surface area contributed by atoms with Crippen molar-refractivity contribution < 1.29 is 9.47 Å². The van der Waals surface area contributed by atoms with Gasteiger partial charge in [0.1, 0.15) is 0 Å². The smallest absolute Gasteiger partial charge is 0.193 e. The number of thioether (sulfide) groups is 1. The highest BCUT2D eigenvalue weighted by Gasteiger charge is 2.04. The van der Waals surface area contributed by atoms with Crippen LogP contribution < -0.4 is 20.5 Å². The van der Waals surface area contributed by atoms with Crippen LogP contribution in [0.15, 0.2) is 23.2 Å². The molecule has 22 heavy (non-hydrogen) atoms. The fraction of sp³-hybridized carbons (Fsp3) is 0.562. The Bertz CT molecular complexity index is 467. The number of anilines is 1. The van der Waals surface area contributed by atoms with Crippen LogP contribution in [0.5, 0.6) is 11.5 Å². The van der Waals surface area contributed by atoms with Crippen molar-refractivity contribution in [3.8, 4) is 11.5 Å². The van der Waals surface area contributed by atoms with Gasteiger partial charge in [-0.3, -0.25) is 4.99 Å². The quantitative estimate of drug-likeness (QED) is 0.392. The molecule has 0 aliphatic heterocycles. The monoisotopic (exact) mass is 325 g/mol. The Hall–Kier alpha value is -1.56. The molecule has 3 N–H and O–H groups in total. The molecule has 0 atom stereocenters. The molecule has 1 aromatic rings. The van der Waals surface area contributed by atoms with Crippen LogP contribution in [0.25, 0.3) is 0 Å². The van der Waals surface area contributed by atoms with Crippen LogP contribution in [0, 0.1) is 0 Å². The number of benzene rings is 1. The van der Waals surface area contributed by atoms with E-state index < -0.39 is 0 Å². The van der Waals surface area contributed by atoms with Crippen LogP contribution in [0.4, 0.5) is 5.69 Å². The Labute approximate surface area is 137 Å². The van der Waals surface area contributed by atoms with Crippen LogP contribution in [-0.2, 0) is 0 Å². The maximum absolute atomic E-state index is 5.89. The third-order valence-electron chi connectivity index (χ3n) is 3.19. The summed E-state index contributed by atoms with van der Waals surface area (Å²) in [5.74, 6) is 3.02. The molecule has 0 saturated carbocycles. The second-order valence-corrected chi connectivity index (χ2v) is 5.85. The first-order chi connectivity index (χ1) is 10.7. The minimum absolute atomic E-state index is 0.427. The summed E-state index contributed by atoms with van der Waals surface area (Å²) in [6.07, 6.45) is 6.96. The van der Waals surface area contributed by atoms with Gasteiger partial charge in [0, 0.05) is 18.3 Å². The number of methoxy groups -OCH3 is 2. The third-order valence-corrected chi connectivity index (χ3v) is 3.89. The molecule has 5 nitrogen and oxygen atoms in total. The summed E-state index contributed by atoms with van der Waals surface area (Å²) in [5, 5.41) is 3.07. The number of unbranched alkanes of at least 4 members (excludes halogenated alkanes) is 3. The lowest BCUT2D eigenvalue weighted by Crippen LogP contribution is -2.22. The molecule has 0 aromatic heterocycles. The Kier molecular flexibility index (Phi) is 9.30. The normalized spacial score (nSPS) is 11.3. The zero-order chi connectivity index (χ0) is 16.2. The van der Waals surface area contributed by atoms with E-state index in [1.807, 2.05) is 30.0 Å². The molecule has 0 aliphatic carbocycles. The van der Waals surface area contributed by atoms with E-state index in [-0.39, 0.29) is 0 Å². The topological polar surface area (TPSA) is 68.9 Å². The molecule has 1 rings (SSSR count). The molecule has 1 aromatic carbocycles. The first kappa shape index (κ1) is 18.5. The molecule has 0 spiro atoms. The standard InChI is InChI=1S/C16H27N3O2S/c1-20-14-9-8-13(12-15(14)21-2)19-16(17)18-10-6-4-5-7-11-22-3/h8-9,12H,4-7,10-11H2,1-3H3,(H3,17,18,19). The van der Waals surface area contributed by atoms with Crippen LogP contribution in [0.1, 0.15) is 25.7 Å². The van der Waals surface area contributed by atoms with Gasteiger partial charge >= 0.3 is 0 Å². The van der Waals surface area contributed by atoms with Gasteiger partial charge in [0.05, 0.1) is 14.2 Å². The van der Waals surface area contributed by atoms with Crippen molar-refractivity contribution in [2.75, 3.05) is 38.1 Å². The SMILES string of the molecule is COc1ccc(NC(N)=NCCCCCCSC)cc1OC. The minimum atomic E-state index is 0.427. The highest BCUT2D eigenvalue weighted by atomic mass is 32.2. The van der Waals surface area contributed by atoms with E-state index in [4.69, 9.17) is 15.2 Å². The maximum Gasteiger partial charge on any atom is 0.193 e. The van der Waals surface area contributed by atoms with Gasteiger partial charge in [0.2, 0.25) is 0 Å². The van der Waals surface area contributed by atoms with Crippen molar-refractivity contribution in [2.45, 2.75) is 25.7 Å². The van der Waals surface area contributed by atoms with Crippen LogP contribution in [0.2, 0.25) is 0 Å². The highest BCUT2D eigenvalue weighted by molar-refractivity contribution is 7.98. The van der Waals surface area contributed by atoms with E-state index in [1.54, 1.807) is 14.2 Å². The lowest BCUT2D eigenvalue weighted by molar-refractivity contribution is 0.355. The number of nitrogens with two attached hydrogens (primary N) is 1. The largest absolute Gasteiger partial charge is 0.493 e. The molecule has 0 radical (unpaired) electrons. The molecule has 0 aliphatic rings. The molecule has 124 valence electrons. The summed E-state index contributed by atoms with van der Waals surface area (Å²) >= 11 is 1.90. The molecule has 0 bridgehead atoms. The maximum atomic E-state index is 5.89. The van der Waals surface area contributed by atoms with E-state index in [1.165, 1.54) is 25.0 Å². The molecule has 0 heterocycles. The molecule has 0 amide bonds. The van der Waals surface area contributed by atoms with Crippen molar-refractivity contribution in [2.24, 2.45) is 10.7 Å². The lowest BCUT2D eigenvalue weighted by Gasteiger charge is -2.10. The van der Waals surface area contributed by atoms with E-state index in [2.05, 4.69) is 16.6 Å². The molecular formula is C16H27N3O2S. The zero-order valence-corrected chi connectivity index (χ0v) is 14.5. The van der Waals surface area contributed by atoms with E-state index in [0.717, 1.165) is 18.7 Å². The van der Waals surface area contributed by atoms with Crippen molar-refractivity contribution in [3.05, 3.63) is 18.2 Å². The van der Waals surface area contributed by atoms with Gasteiger partial charge in [-0.25, -0.2) is 0 Å². The number of ether oxygens (including phenoxy) is 2. The number of nitrogens with zero attached hydrogens (tertiary/aromatic N) is 1. The first-order valence-corrected chi connectivity index (χ1v) is 8.88. The molecule has 6 heteroatoms. The van der Waals surface area contributed by atoms with Crippen molar-refractivity contribution in [3.63, 3.8) is 0 Å². The van der Waals surface area contributed by atoms with Gasteiger partial charge in [-0.1, -0.05) is 12.8 Å². The van der Waals surface area contributed by atoms with Gasteiger partial charge in [-0.15, -0.1) is 0 Å². The average molecular weight is 325 g/mol. The number of hydrogen-bond donors (Lipinski definition) is 2. The third kappa shape index (κ3) is 6.93. The van der Waals surface area contributed by atoms with E-state index in [0.29, 0.717) is 17.5 Å². The van der Waals surface area contributed by atoms with Crippen molar-refractivity contribution in [1.29, 1.82) is 0 Å². The molecule has 0 fully saturated rings. The summed E-state index contributed by atoms with van der Waals surface area (Å²) < 4.78 is 10.5.